The molecule has 0 radical (unpaired) electrons. The predicted molar refractivity (Wildman–Crippen MR) is 78.8 cm³/mol. The van der Waals surface area contributed by atoms with Gasteiger partial charge in [-0.2, -0.15) is 0 Å². The van der Waals surface area contributed by atoms with E-state index in [1.807, 2.05) is 0 Å². The molecule has 1 aliphatic rings. The number of aromatic hydroxyl groups is 1. The van der Waals surface area contributed by atoms with E-state index in [1.54, 1.807) is 24.3 Å². The van der Waals surface area contributed by atoms with Crippen molar-refractivity contribution in [1.29, 1.82) is 0 Å². The number of hydrogen-bond acceptors (Lipinski definition) is 3. The maximum atomic E-state index is 13.4. The largest absolute Gasteiger partial charge is 0.507 e. The van der Waals surface area contributed by atoms with Gasteiger partial charge in [-0.25, -0.2) is 8.78 Å². The Balaban J connectivity index is 2.11. The topological polar surface area (TPSA) is 54.4 Å². The summed E-state index contributed by atoms with van der Waals surface area (Å²) in [6.07, 6.45) is 0. The van der Waals surface area contributed by atoms with Crippen LogP contribution in [0.5, 0.6) is 5.75 Å². The highest BCUT2D eigenvalue weighted by Crippen LogP contribution is 2.38. The number of rotatable bonds is 0. The van der Waals surface area contributed by atoms with Crippen molar-refractivity contribution in [3.8, 4) is 5.75 Å². The van der Waals surface area contributed by atoms with Gasteiger partial charge >= 0.3 is 0 Å². The Hall–Kier alpha value is -3.08. The number of phenols is 1. The normalized spacial score (nSPS) is 13.1. The molecule has 0 unspecified atom stereocenters. The molecule has 0 amide bonds. The van der Waals surface area contributed by atoms with E-state index in [0.717, 1.165) is 6.07 Å². The maximum absolute atomic E-state index is 13.4. The highest BCUT2D eigenvalue weighted by molar-refractivity contribution is 6.31. The van der Waals surface area contributed by atoms with Crippen molar-refractivity contribution in [3.63, 3.8) is 0 Å². The molecule has 0 saturated heterocycles. The molecule has 0 saturated carbocycles. The Morgan fingerprint density at radius 2 is 1.39 bits per heavy atom. The quantitative estimate of drug-likeness (QED) is 0.540. The second-order valence-corrected chi connectivity index (χ2v) is 5.34. The van der Waals surface area contributed by atoms with Crippen molar-refractivity contribution < 1.29 is 23.5 Å². The lowest BCUT2D eigenvalue weighted by Crippen LogP contribution is -2.22. The van der Waals surface area contributed by atoms with Gasteiger partial charge in [-0.1, -0.05) is 24.3 Å². The zero-order chi connectivity index (χ0) is 16.3. The third kappa shape index (κ3) is 1.73. The first-order chi connectivity index (χ1) is 11.0. The summed E-state index contributed by atoms with van der Waals surface area (Å²) in [6.45, 7) is 0. The van der Waals surface area contributed by atoms with E-state index in [0.29, 0.717) is 16.8 Å². The smallest absolute Gasteiger partial charge is 0.198 e. The summed E-state index contributed by atoms with van der Waals surface area (Å²) in [4.78, 5) is 25.1. The SMILES string of the molecule is O=C1c2cc(F)c(F)cc2C(=O)c2c1cc1ccccc1c2O. The van der Waals surface area contributed by atoms with Crippen LogP contribution in [0.3, 0.4) is 0 Å². The van der Waals surface area contributed by atoms with Gasteiger partial charge in [-0.15, -0.1) is 0 Å². The molecule has 112 valence electrons. The van der Waals surface area contributed by atoms with Gasteiger partial charge < -0.3 is 5.11 Å². The van der Waals surface area contributed by atoms with Gasteiger partial charge in [-0.3, -0.25) is 9.59 Å². The molecule has 3 aromatic rings. The minimum atomic E-state index is -1.21. The lowest BCUT2D eigenvalue weighted by atomic mass is 9.82. The molecule has 0 fully saturated rings. The third-order valence-electron chi connectivity index (χ3n) is 4.04. The molecule has 0 atom stereocenters. The van der Waals surface area contributed by atoms with Crippen molar-refractivity contribution in [2.45, 2.75) is 0 Å². The van der Waals surface area contributed by atoms with Crippen LogP contribution in [0.1, 0.15) is 31.8 Å². The summed E-state index contributed by atoms with van der Waals surface area (Å²) in [6, 6.07) is 9.62. The minimum absolute atomic E-state index is 0.00953. The van der Waals surface area contributed by atoms with E-state index in [9.17, 15) is 23.5 Å². The second-order valence-electron chi connectivity index (χ2n) is 5.34. The first-order valence-corrected chi connectivity index (χ1v) is 6.82. The molecular weight excluding hydrogens is 302 g/mol. The van der Waals surface area contributed by atoms with E-state index in [-0.39, 0.29) is 28.0 Å². The molecule has 3 nitrogen and oxygen atoms in total. The molecule has 1 N–H and O–H groups in total. The van der Waals surface area contributed by atoms with Crippen molar-refractivity contribution in [1.82, 2.24) is 0 Å². The second kappa shape index (κ2) is 4.46. The molecule has 4 rings (SSSR count). The van der Waals surface area contributed by atoms with Crippen LogP contribution in [0.4, 0.5) is 8.78 Å². The Morgan fingerprint density at radius 1 is 0.783 bits per heavy atom. The fourth-order valence-electron chi connectivity index (χ4n) is 2.94. The molecule has 0 heterocycles. The van der Waals surface area contributed by atoms with E-state index in [1.165, 1.54) is 6.07 Å². The fraction of sp³-hybridized carbons (Fsp3) is 0. The zero-order valence-corrected chi connectivity index (χ0v) is 11.6. The number of halogens is 2. The van der Waals surface area contributed by atoms with Crippen LogP contribution in [0.15, 0.2) is 42.5 Å². The Bertz CT molecular complexity index is 1040. The Kier molecular flexibility index (Phi) is 2.63. The Morgan fingerprint density at radius 3 is 2.09 bits per heavy atom. The number of hydrogen-bond donors (Lipinski definition) is 1. The standard InChI is InChI=1S/C18H8F2O3/c19-13-6-10-11(7-14(13)20)18(23)15-12(16(10)21)5-8-3-1-2-4-9(8)17(15)22/h1-7,22H. The van der Waals surface area contributed by atoms with Gasteiger partial charge in [-0.05, 0) is 23.6 Å². The van der Waals surface area contributed by atoms with E-state index < -0.39 is 23.2 Å². The summed E-state index contributed by atoms with van der Waals surface area (Å²) in [5, 5.41) is 11.4. The number of fused-ring (bicyclic) bond motifs is 3. The van der Waals surface area contributed by atoms with Crippen molar-refractivity contribution in [2.75, 3.05) is 0 Å². The summed E-state index contributed by atoms with van der Waals surface area (Å²) >= 11 is 0. The van der Waals surface area contributed by atoms with Gasteiger partial charge in [0.1, 0.15) is 5.75 Å². The molecule has 0 bridgehead atoms. The summed E-state index contributed by atoms with van der Waals surface area (Å²) < 4.78 is 26.9. The number of phenolic OH excluding ortho intramolecular Hbond substituents is 1. The summed E-state index contributed by atoms with van der Waals surface area (Å²) in [5.41, 5.74) is -0.625. The molecule has 5 heteroatoms. The van der Waals surface area contributed by atoms with Crippen LogP contribution in [0.25, 0.3) is 10.8 Å². The van der Waals surface area contributed by atoms with Crippen LogP contribution >= 0.6 is 0 Å². The summed E-state index contributed by atoms with van der Waals surface area (Å²) in [7, 11) is 0. The van der Waals surface area contributed by atoms with E-state index in [4.69, 9.17) is 0 Å². The van der Waals surface area contributed by atoms with Gasteiger partial charge in [0, 0.05) is 22.1 Å². The van der Waals surface area contributed by atoms with Crippen molar-refractivity contribution in [2.24, 2.45) is 0 Å². The summed E-state index contributed by atoms with van der Waals surface area (Å²) in [5.74, 6) is -4.05. The number of carbonyl (C=O) groups is 2. The average molecular weight is 310 g/mol. The number of carbonyl (C=O) groups excluding carboxylic acids is 2. The minimum Gasteiger partial charge on any atom is -0.507 e. The lowest BCUT2D eigenvalue weighted by molar-refractivity contribution is 0.0976. The van der Waals surface area contributed by atoms with Crippen LogP contribution in [0, 0.1) is 11.6 Å². The van der Waals surface area contributed by atoms with Gasteiger partial charge in [0.15, 0.2) is 23.2 Å². The lowest BCUT2D eigenvalue weighted by Gasteiger charge is -2.19. The molecule has 0 aliphatic heterocycles. The first-order valence-electron chi connectivity index (χ1n) is 6.82. The zero-order valence-electron chi connectivity index (χ0n) is 11.6. The van der Waals surface area contributed by atoms with Gasteiger partial charge in [0.25, 0.3) is 0 Å². The van der Waals surface area contributed by atoms with Gasteiger partial charge in [0.05, 0.1) is 5.56 Å². The number of ketones is 2. The molecule has 23 heavy (non-hydrogen) atoms. The van der Waals surface area contributed by atoms with Crippen LogP contribution < -0.4 is 0 Å². The molecule has 1 aliphatic carbocycles. The monoisotopic (exact) mass is 310 g/mol. The highest BCUT2D eigenvalue weighted by atomic mass is 19.2. The molecule has 3 aromatic carbocycles. The van der Waals surface area contributed by atoms with Crippen LogP contribution in [-0.4, -0.2) is 16.7 Å². The first kappa shape index (κ1) is 13.6. The van der Waals surface area contributed by atoms with E-state index >= 15 is 0 Å². The van der Waals surface area contributed by atoms with Crippen molar-refractivity contribution >= 4 is 22.3 Å². The maximum Gasteiger partial charge on any atom is 0.198 e. The van der Waals surface area contributed by atoms with Gasteiger partial charge in [0.2, 0.25) is 0 Å². The highest BCUT2D eigenvalue weighted by Gasteiger charge is 2.34. The van der Waals surface area contributed by atoms with E-state index in [2.05, 4.69) is 0 Å². The predicted octanol–water partition coefficient (Wildman–Crippen LogP) is 3.60. The Labute approximate surface area is 128 Å². The third-order valence-corrected chi connectivity index (χ3v) is 4.04. The van der Waals surface area contributed by atoms with Crippen LogP contribution in [0.2, 0.25) is 0 Å². The number of benzene rings is 3. The fourth-order valence-corrected chi connectivity index (χ4v) is 2.94. The molecule has 0 spiro atoms. The molecule has 0 aromatic heterocycles. The average Bonchev–Trinajstić information content (AvgIpc) is 2.54. The van der Waals surface area contributed by atoms with Crippen LogP contribution in [-0.2, 0) is 0 Å². The van der Waals surface area contributed by atoms with Crippen molar-refractivity contribution in [3.05, 3.63) is 76.4 Å². The molecular formula is C18H8F2O3.